The summed E-state index contributed by atoms with van der Waals surface area (Å²) in [6, 6.07) is 8.97. The van der Waals surface area contributed by atoms with Crippen molar-refractivity contribution in [1.29, 1.82) is 0 Å². The number of sulfonamides is 1. The molecule has 0 unspecified atom stereocenters. The van der Waals surface area contributed by atoms with Gasteiger partial charge in [-0.25, -0.2) is 12.8 Å². The number of nitrogens with one attached hydrogen (secondary N) is 1. The molecule has 0 aliphatic carbocycles. The normalized spacial score (nSPS) is 11.7. The Labute approximate surface area is 165 Å². The number of halogens is 1. The predicted octanol–water partition coefficient (Wildman–Crippen LogP) is 3.33. The third kappa shape index (κ3) is 3.66. The standard InChI is InChI=1S/C19H17FN4O4S/c1-12-4-5-14(10-15(12)20)29(25,26)23-19-18-16(27-2)8-13(9-17(18)28-22-19)11-24-7-3-6-21-24/h3-10H,11H2,1-2H3,(H,22,23). The summed E-state index contributed by atoms with van der Waals surface area (Å²) in [5, 5.41) is 8.35. The predicted molar refractivity (Wildman–Crippen MR) is 104 cm³/mol. The largest absolute Gasteiger partial charge is 0.496 e. The van der Waals surface area contributed by atoms with Crippen LogP contribution < -0.4 is 9.46 Å². The van der Waals surface area contributed by atoms with E-state index in [4.69, 9.17) is 9.26 Å². The molecule has 0 spiro atoms. The van der Waals surface area contributed by atoms with Gasteiger partial charge in [0.1, 0.15) is 17.0 Å². The lowest BCUT2D eigenvalue weighted by molar-refractivity contribution is 0.418. The highest BCUT2D eigenvalue weighted by atomic mass is 32.2. The van der Waals surface area contributed by atoms with Gasteiger partial charge < -0.3 is 9.26 Å². The molecule has 0 bridgehead atoms. The maximum absolute atomic E-state index is 13.8. The Balaban J connectivity index is 1.71. The van der Waals surface area contributed by atoms with Gasteiger partial charge in [-0.3, -0.25) is 9.40 Å². The molecule has 2 aromatic carbocycles. The first kappa shape index (κ1) is 18.9. The molecule has 4 rings (SSSR count). The van der Waals surface area contributed by atoms with Gasteiger partial charge in [-0.2, -0.15) is 5.10 Å². The summed E-state index contributed by atoms with van der Waals surface area (Å²) in [6.45, 7) is 2.03. The zero-order valence-electron chi connectivity index (χ0n) is 15.6. The first-order valence-electron chi connectivity index (χ1n) is 8.60. The van der Waals surface area contributed by atoms with Crippen molar-refractivity contribution < 1.29 is 22.1 Å². The van der Waals surface area contributed by atoms with Gasteiger partial charge in [-0.1, -0.05) is 11.2 Å². The number of hydrogen-bond donors (Lipinski definition) is 1. The van der Waals surface area contributed by atoms with Gasteiger partial charge in [0.05, 0.1) is 18.6 Å². The fourth-order valence-electron chi connectivity index (χ4n) is 2.92. The van der Waals surface area contributed by atoms with Crippen molar-refractivity contribution in [3.05, 3.63) is 65.7 Å². The van der Waals surface area contributed by atoms with Gasteiger partial charge in [0.2, 0.25) is 0 Å². The number of anilines is 1. The van der Waals surface area contributed by atoms with E-state index in [9.17, 15) is 12.8 Å². The smallest absolute Gasteiger partial charge is 0.263 e. The number of aromatic nitrogens is 3. The molecule has 8 nitrogen and oxygen atoms in total. The molecule has 1 N–H and O–H groups in total. The molecule has 0 saturated heterocycles. The highest BCUT2D eigenvalue weighted by Gasteiger charge is 2.22. The monoisotopic (exact) mass is 416 g/mol. The fraction of sp³-hybridized carbons (Fsp3) is 0.158. The number of ether oxygens (including phenoxy) is 1. The van der Waals surface area contributed by atoms with Crippen molar-refractivity contribution in [2.45, 2.75) is 18.4 Å². The first-order chi connectivity index (χ1) is 13.9. The molecule has 2 aromatic heterocycles. The molecule has 2 heterocycles. The van der Waals surface area contributed by atoms with Crippen LogP contribution in [0.25, 0.3) is 11.0 Å². The van der Waals surface area contributed by atoms with Crippen LogP contribution in [0, 0.1) is 12.7 Å². The van der Waals surface area contributed by atoms with Crippen LogP contribution >= 0.6 is 0 Å². The number of methoxy groups -OCH3 is 1. The number of rotatable bonds is 6. The van der Waals surface area contributed by atoms with E-state index < -0.39 is 15.8 Å². The van der Waals surface area contributed by atoms with Crippen LogP contribution in [0.1, 0.15) is 11.1 Å². The molecular weight excluding hydrogens is 399 g/mol. The zero-order valence-corrected chi connectivity index (χ0v) is 16.4. The Hall–Kier alpha value is -3.40. The highest BCUT2D eigenvalue weighted by molar-refractivity contribution is 7.92. The van der Waals surface area contributed by atoms with Crippen LogP contribution in [-0.4, -0.2) is 30.5 Å². The van der Waals surface area contributed by atoms with E-state index in [1.807, 2.05) is 12.3 Å². The minimum absolute atomic E-state index is 0.0385. The van der Waals surface area contributed by atoms with Crippen molar-refractivity contribution >= 4 is 26.8 Å². The summed E-state index contributed by atoms with van der Waals surface area (Å²) in [5.74, 6) is -0.263. The van der Waals surface area contributed by atoms with Crippen molar-refractivity contribution in [3.8, 4) is 5.75 Å². The number of nitrogens with zero attached hydrogens (tertiary/aromatic N) is 3. The summed E-state index contributed by atoms with van der Waals surface area (Å²) in [4.78, 5) is -0.217. The Morgan fingerprint density at radius 2 is 2.10 bits per heavy atom. The molecule has 0 amide bonds. The minimum Gasteiger partial charge on any atom is -0.496 e. The first-order valence-corrected chi connectivity index (χ1v) is 10.1. The summed E-state index contributed by atoms with van der Waals surface area (Å²) in [5.41, 5.74) is 1.53. The van der Waals surface area contributed by atoms with Crippen LogP contribution in [0.4, 0.5) is 10.2 Å². The van der Waals surface area contributed by atoms with E-state index in [1.54, 1.807) is 29.9 Å². The maximum atomic E-state index is 13.8. The molecule has 4 aromatic rings. The Bertz CT molecular complexity index is 1280. The summed E-state index contributed by atoms with van der Waals surface area (Å²) >= 11 is 0. The van der Waals surface area contributed by atoms with Crippen molar-refractivity contribution in [2.24, 2.45) is 0 Å². The second-order valence-corrected chi connectivity index (χ2v) is 8.10. The average molecular weight is 416 g/mol. The number of hydrogen-bond acceptors (Lipinski definition) is 6. The van der Waals surface area contributed by atoms with Crippen LogP contribution in [-0.2, 0) is 16.6 Å². The van der Waals surface area contributed by atoms with Gasteiger partial charge >= 0.3 is 0 Å². The molecule has 0 fully saturated rings. The number of fused-ring (bicyclic) bond motifs is 1. The van der Waals surface area contributed by atoms with Crippen molar-refractivity contribution in [1.82, 2.24) is 14.9 Å². The van der Waals surface area contributed by atoms with E-state index in [-0.39, 0.29) is 10.7 Å². The molecule has 10 heteroatoms. The molecule has 0 atom stereocenters. The Morgan fingerprint density at radius 3 is 2.79 bits per heavy atom. The SMILES string of the molecule is COc1cc(Cn2cccn2)cc2onc(NS(=O)(=O)c3ccc(C)c(F)c3)c12. The summed E-state index contributed by atoms with van der Waals surface area (Å²) in [6.07, 6.45) is 3.49. The quantitative estimate of drug-likeness (QED) is 0.518. The lowest BCUT2D eigenvalue weighted by Crippen LogP contribution is -2.14. The van der Waals surface area contributed by atoms with Crippen LogP contribution in [0.2, 0.25) is 0 Å². The van der Waals surface area contributed by atoms with Crippen molar-refractivity contribution in [2.75, 3.05) is 11.8 Å². The number of benzene rings is 2. The van der Waals surface area contributed by atoms with E-state index in [0.29, 0.717) is 28.8 Å². The van der Waals surface area contributed by atoms with Crippen molar-refractivity contribution in [3.63, 3.8) is 0 Å². The average Bonchev–Trinajstić information content (AvgIpc) is 3.33. The van der Waals surface area contributed by atoms with E-state index >= 15 is 0 Å². The zero-order chi connectivity index (χ0) is 20.6. The lowest BCUT2D eigenvalue weighted by Gasteiger charge is -2.09. The molecule has 150 valence electrons. The minimum atomic E-state index is -4.07. The van der Waals surface area contributed by atoms with Gasteiger partial charge in [0.25, 0.3) is 10.0 Å². The third-order valence-electron chi connectivity index (χ3n) is 4.41. The van der Waals surface area contributed by atoms with E-state index in [0.717, 1.165) is 11.6 Å². The molecule has 0 radical (unpaired) electrons. The fourth-order valence-corrected chi connectivity index (χ4v) is 3.94. The van der Waals surface area contributed by atoms with Gasteiger partial charge in [-0.05, 0) is 48.4 Å². The number of aryl methyl sites for hydroxylation is 1. The molecule has 0 saturated carbocycles. The van der Waals surface area contributed by atoms with E-state index in [2.05, 4.69) is 15.0 Å². The van der Waals surface area contributed by atoms with Crippen LogP contribution in [0.15, 0.2) is 58.2 Å². The van der Waals surface area contributed by atoms with Crippen LogP contribution in [0.5, 0.6) is 5.75 Å². The highest BCUT2D eigenvalue weighted by Crippen LogP contribution is 2.35. The lowest BCUT2D eigenvalue weighted by atomic mass is 10.1. The Morgan fingerprint density at radius 1 is 1.28 bits per heavy atom. The third-order valence-corrected chi connectivity index (χ3v) is 5.74. The summed E-state index contributed by atoms with van der Waals surface area (Å²) in [7, 11) is -2.61. The topological polar surface area (TPSA) is 99.2 Å². The molecule has 0 aliphatic heterocycles. The molecular formula is C19H17FN4O4S. The second kappa shape index (κ2) is 7.21. The van der Waals surface area contributed by atoms with Crippen LogP contribution in [0.3, 0.4) is 0 Å². The van der Waals surface area contributed by atoms with Gasteiger partial charge in [0.15, 0.2) is 11.4 Å². The van der Waals surface area contributed by atoms with Gasteiger partial charge in [0, 0.05) is 12.4 Å². The molecule has 0 aliphatic rings. The second-order valence-electron chi connectivity index (χ2n) is 6.42. The van der Waals surface area contributed by atoms with Gasteiger partial charge in [-0.15, -0.1) is 0 Å². The maximum Gasteiger partial charge on any atom is 0.263 e. The summed E-state index contributed by atoms with van der Waals surface area (Å²) < 4.78 is 54.0. The van der Waals surface area contributed by atoms with E-state index in [1.165, 1.54) is 19.2 Å². The molecule has 29 heavy (non-hydrogen) atoms. The Kier molecular flexibility index (Phi) is 4.71.